The molecule has 3 rings (SSSR count). The first-order valence-electron chi connectivity index (χ1n) is 8.99. The van der Waals surface area contributed by atoms with Gasteiger partial charge in [0.2, 0.25) is 0 Å². The van der Waals surface area contributed by atoms with Crippen molar-refractivity contribution >= 4 is 17.5 Å². The Bertz CT molecular complexity index is 1100. The zero-order valence-corrected chi connectivity index (χ0v) is 17.3. The van der Waals surface area contributed by atoms with Gasteiger partial charge in [-0.3, -0.25) is 14.3 Å². The quantitative estimate of drug-likeness (QED) is 0.665. The Balaban J connectivity index is 2.14. The standard InChI is InChI=1S/C20H22ClN5O3/c1-12(20(2,3)29)23-18(27)16-9-17(13-5-7-14(21)8-6-13)24-26(19(16)28)15-10-22-25(4)11-15/h5-12,29H,1-4H3,(H,23,27). The molecule has 1 unspecified atom stereocenters. The Morgan fingerprint density at radius 3 is 2.48 bits per heavy atom. The monoisotopic (exact) mass is 415 g/mol. The number of halogens is 1. The van der Waals surface area contributed by atoms with Gasteiger partial charge in [-0.05, 0) is 39.0 Å². The number of nitrogens with one attached hydrogen (secondary N) is 1. The van der Waals surface area contributed by atoms with E-state index in [1.54, 1.807) is 58.3 Å². The molecule has 8 nitrogen and oxygen atoms in total. The molecular weight excluding hydrogens is 394 g/mol. The number of carbonyl (C=O) groups excluding carboxylic acids is 1. The van der Waals surface area contributed by atoms with E-state index >= 15 is 0 Å². The Kier molecular flexibility index (Phi) is 5.59. The molecule has 3 aromatic rings. The van der Waals surface area contributed by atoms with E-state index in [1.807, 2.05) is 0 Å². The molecule has 29 heavy (non-hydrogen) atoms. The Hall–Kier alpha value is -2.97. The van der Waals surface area contributed by atoms with Gasteiger partial charge in [0.15, 0.2) is 0 Å². The lowest BCUT2D eigenvalue weighted by atomic mass is 10.0. The van der Waals surface area contributed by atoms with Gasteiger partial charge >= 0.3 is 0 Å². The minimum atomic E-state index is -1.15. The zero-order chi connectivity index (χ0) is 21.3. The third kappa shape index (κ3) is 4.55. The van der Waals surface area contributed by atoms with E-state index in [4.69, 9.17) is 11.6 Å². The van der Waals surface area contributed by atoms with Gasteiger partial charge in [-0.15, -0.1) is 0 Å². The fourth-order valence-corrected chi connectivity index (χ4v) is 2.69. The van der Waals surface area contributed by atoms with Crippen LogP contribution in [0.5, 0.6) is 0 Å². The molecule has 1 amide bonds. The number of aromatic nitrogens is 4. The zero-order valence-electron chi connectivity index (χ0n) is 16.5. The average Bonchev–Trinajstić information content (AvgIpc) is 3.08. The Labute approximate surface area is 172 Å². The topological polar surface area (TPSA) is 102 Å². The highest BCUT2D eigenvalue weighted by Crippen LogP contribution is 2.20. The number of aliphatic hydroxyl groups is 1. The van der Waals surface area contributed by atoms with E-state index in [0.29, 0.717) is 22.0 Å². The van der Waals surface area contributed by atoms with Crippen molar-refractivity contribution in [3.63, 3.8) is 0 Å². The number of hydrogen-bond donors (Lipinski definition) is 2. The second-order valence-corrected chi connectivity index (χ2v) is 7.82. The van der Waals surface area contributed by atoms with Crippen molar-refractivity contribution in [3.05, 3.63) is 63.7 Å². The Morgan fingerprint density at radius 1 is 1.28 bits per heavy atom. The maximum atomic E-state index is 13.0. The molecule has 0 fully saturated rings. The summed E-state index contributed by atoms with van der Waals surface area (Å²) in [6.45, 7) is 4.83. The normalized spacial score (nSPS) is 12.6. The van der Waals surface area contributed by atoms with E-state index in [0.717, 1.165) is 4.68 Å². The molecule has 2 heterocycles. The van der Waals surface area contributed by atoms with Gasteiger partial charge < -0.3 is 10.4 Å². The summed E-state index contributed by atoms with van der Waals surface area (Å²) in [5.74, 6) is -0.597. The van der Waals surface area contributed by atoms with Crippen LogP contribution >= 0.6 is 11.6 Å². The lowest BCUT2D eigenvalue weighted by Gasteiger charge is -2.26. The number of benzene rings is 1. The summed E-state index contributed by atoms with van der Waals surface area (Å²) < 4.78 is 2.68. The van der Waals surface area contributed by atoms with Crippen LogP contribution in [0.1, 0.15) is 31.1 Å². The van der Waals surface area contributed by atoms with Gasteiger partial charge in [0.25, 0.3) is 11.5 Å². The molecule has 1 atom stereocenters. The maximum Gasteiger partial charge on any atom is 0.284 e. The number of hydrogen-bond acceptors (Lipinski definition) is 5. The molecule has 152 valence electrons. The molecule has 0 aliphatic heterocycles. The number of amides is 1. The first-order chi connectivity index (χ1) is 13.6. The van der Waals surface area contributed by atoms with Crippen molar-refractivity contribution in [1.82, 2.24) is 24.9 Å². The molecule has 2 N–H and O–H groups in total. The molecule has 0 saturated heterocycles. The molecule has 0 aliphatic carbocycles. The van der Waals surface area contributed by atoms with Crippen LogP contribution in [-0.4, -0.2) is 42.2 Å². The maximum absolute atomic E-state index is 13.0. The summed E-state index contributed by atoms with van der Waals surface area (Å²) in [6.07, 6.45) is 3.11. The summed E-state index contributed by atoms with van der Waals surface area (Å²) in [6, 6.07) is 7.77. The molecule has 9 heteroatoms. The first-order valence-corrected chi connectivity index (χ1v) is 9.36. The first kappa shape index (κ1) is 20.8. The minimum Gasteiger partial charge on any atom is -0.388 e. The second-order valence-electron chi connectivity index (χ2n) is 7.39. The van der Waals surface area contributed by atoms with Gasteiger partial charge in [-0.25, -0.2) is 0 Å². The number of carbonyl (C=O) groups is 1. The van der Waals surface area contributed by atoms with Crippen LogP contribution in [0.25, 0.3) is 16.9 Å². The summed E-state index contributed by atoms with van der Waals surface area (Å²) in [7, 11) is 1.72. The van der Waals surface area contributed by atoms with Crippen LogP contribution < -0.4 is 10.9 Å². The highest BCUT2D eigenvalue weighted by Gasteiger charge is 2.26. The molecule has 0 bridgehead atoms. The molecule has 0 radical (unpaired) electrons. The van der Waals surface area contributed by atoms with E-state index in [2.05, 4.69) is 15.5 Å². The van der Waals surface area contributed by atoms with E-state index in [-0.39, 0.29) is 5.56 Å². The van der Waals surface area contributed by atoms with Crippen molar-refractivity contribution in [2.75, 3.05) is 0 Å². The van der Waals surface area contributed by atoms with Crippen LogP contribution in [0.2, 0.25) is 5.02 Å². The number of rotatable bonds is 5. The van der Waals surface area contributed by atoms with Crippen LogP contribution in [0.15, 0.2) is 47.5 Å². The molecule has 0 spiro atoms. The lowest BCUT2D eigenvalue weighted by molar-refractivity contribution is 0.0408. The summed E-state index contributed by atoms with van der Waals surface area (Å²) in [5, 5.41) is 21.8. The third-order valence-electron chi connectivity index (χ3n) is 4.64. The fourth-order valence-electron chi connectivity index (χ4n) is 2.56. The van der Waals surface area contributed by atoms with Crippen molar-refractivity contribution in [3.8, 4) is 16.9 Å². The lowest BCUT2D eigenvalue weighted by Crippen LogP contribution is -2.48. The second kappa shape index (κ2) is 7.81. The van der Waals surface area contributed by atoms with Gasteiger partial charge in [-0.2, -0.15) is 14.9 Å². The predicted octanol–water partition coefficient (Wildman–Crippen LogP) is 2.18. The molecule has 2 aromatic heterocycles. The fraction of sp³-hybridized carbons (Fsp3) is 0.300. The molecule has 1 aromatic carbocycles. The van der Waals surface area contributed by atoms with E-state index < -0.39 is 23.1 Å². The Morgan fingerprint density at radius 2 is 1.93 bits per heavy atom. The number of nitrogens with zero attached hydrogens (tertiary/aromatic N) is 4. The van der Waals surface area contributed by atoms with Gasteiger partial charge in [0.1, 0.15) is 11.3 Å². The van der Waals surface area contributed by atoms with Gasteiger partial charge in [0, 0.05) is 17.6 Å². The van der Waals surface area contributed by atoms with E-state index in [1.165, 1.54) is 16.9 Å². The molecule has 0 saturated carbocycles. The predicted molar refractivity (Wildman–Crippen MR) is 110 cm³/mol. The van der Waals surface area contributed by atoms with Crippen molar-refractivity contribution in [1.29, 1.82) is 0 Å². The van der Waals surface area contributed by atoms with Crippen LogP contribution in [0, 0.1) is 0 Å². The smallest absolute Gasteiger partial charge is 0.284 e. The van der Waals surface area contributed by atoms with Crippen LogP contribution in [0.4, 0.5) is 0 Å². The largest absolute Gasteiger partial charge is 0.388 e. The average molecular weight is 416 g/mol. The van der Waals surface area contributed by atoms with Crippen molar-refractivity contribution in [2.45, 2.75) is 32.4 Å². The summed E-state index contributed by atoms with van der Waals surface area (Å²) in [5.41, 5.74) is -0.286. The van der Waals surface area contributed by atoms with Crippen molar-refractivity contribution in [2.24, 2.45) is 7.05 Å². The SMILES string of the molecule is CC(NC(=O)c1cc(-c2ccc(Cl)cc2)nn(-c2cnn(C)c2)c1=O)C(C)(C)O. The van der Waals surface area contributed by atoms with Gasteiger partial charge in [-0.1, -0.05) is 23.7 Å². The van der Waals surface area contributed by atoms with Crippen LogP contribution in [-0.2, 0) is 7.05 Å². The summed E-state index contributed by atoms with van der Waals surface area (Å²) in [4.78, 5) is 25.9. The van der Waals surface area contributed by atoms with Crippen LogP contribution in [0.3, 0.4) is 0 Å². The van der Waals surface area contributed by atoms with Crippen molar-refractivity contribution < 1.29 is 9.90 Å². The third-order valence-corrected chi connectivity index (χ3v) is 4.89. The van der Waals surface area contributed by atoms with E-state index in [9.17, 15) is 14.7 Å². The molecule has 0 aliphatic rings. The minimum absolute atomic E-state index is 0.0927. The summed E-state index contributed by atoms with van der Waals surface area (Å²) >= 11 is 5.96. The highest BCUT2D eigenvalue weighted by molar-refractivity contribution is 6.30. The molecular formula is C20H22ClN5O3. The highest BCUT2D eigenvalue weighted by atomic mass is 35.5. The number of aryl methyl sites for hydroxylation is 1. The van der Waals surface area contributed by atoms with Gasteiger partial charge in [0.05, 0.1) is 29.7 Å².